The number of nitriles is 1. The minimum absolute atomic E-state index is 0.0227. The predicted octanol–water partition coefficient (Wildman–Crippen LogP) is 3.10. The molecule has 0 unspecified atom stereocenters. The Morgan fingerprint density at radius 2 is 2.10 bits per heavy atom. The Hall–Kier alpha value is -2.93. The molecule has 0 saturated heterocycles. The SMILES string of the molecule is CC(=O)c1cn(-c2ccnc(C#N)c2)c2ccccc12. The van der Waals surface area contributed by atoms with Crippen molar-refractivity contribution in [2.45, 2.75) is 6.92 Å². The molecule has 0 N–H and O–H groups in total. The summed E-state index contributed by atoms with van der Waals surface area (Å²) in [6.07, 6.45) is 3.40. The number of hydrogen-bond donors (Lipinski definition) is 0. The first kappa shape index (κ1) is 12.1. The van der Waals surface area contributed by atoms with Gasteiger partial charge in [-0.05, 0) is 25.1 Å². The molecule has 3 rings (SSSR count). The molecule has 2 aromatic heterocycles. The van der Waals surface area contributed by atoms with Crippen LogP contribution in [-0.2, 0) is 0 Å². The molecule has 0 fully saturated rings. The molecule has 0 bridgehead atoms. The van der Waals surface area contributed by atoms with E-state index in [1.165, 1.54) is 0 Å². The van der Waals surface area contributed by atoms with Gasteiger partial charge in [0.05, 0.1) is 5.52 Å². The number of benzene rings is 1. The zero-order valence-electron chi connectivity index (χ0n) is 10.9. The van der Waals surface area contributed by atoms with E-state index < -0.39 is 0 Å². The third-order valence-electron chi connectivity index (χ3n) is 3.23. The number of carbonyl (C=O) groups is 1. The Labute approximate surface area is 115 Å². The van der Waals surface area contributed by atoms with Crippen LogP contribution in [-0.4, -0.2) is 15.3 Å². The lowest BCUT2D eigenvalue weighted by Gasteiger charge is -2.04. The van der Waals surface area contributed by atoms with E-state index in [9.17, 15) is 4.79 Å². The summed E-state index contributed by atoms with van der Waals surface area (Å²) in [6.45, 7) is 1.55. The lowest BCUT2D eigenvalue weighted by atomic mass is 10.1. The second-order valence-corrected chi connectivity index (χ2v) is 4.50. The largest absolute Gasteiger partial charge is 0.316 e. The number of carbonyl (C=O) groups excluding carboxylic acids is 1. The number of ketones is 1. The normalized spacial score (nSPS) is 10.4. The van der Waals surface area contributed by atoms with Crippen LogP contribution in [0.15, 0.2) is 48.8 Å². The fourth-order valence-electron chi connectivity index (χ4n) is 2.30. The molecule has 0 radical (unpaired) electrons. The highest BCUT2D eigenvalue weighted by Gasteiger charge is 2.12. The second kappa shape index (κ2) is 4.63. The highest BCUT2D eigenvalue weighted by Crippen LogP contribution is 2.25. The van der Waals surface area contributed by atoms with Crippen LogP contribution in [0.3, 0.4) is 0 Å². The lowest BCUT2D eigenvalue weighted by Crippen LogP contribution is -1.94. The van der Waals surface area contributed by atoms with E-state index in [-0.39, 0.29) is 5.78 Å². The van der Waals surface area contributed by atoms with Gasteiger partial charge in [-0.25, -0.2) is 4.98 Å². The predicted molar refractivity (Wildman–Crippen MR) is 75.8 cm³/mol. The van der Waals surface area contributed by atoms with Crippen LogP contribution in [0.25, 0.3) is 16.6 Å². The number of para-hydroxylation sites is 1. The molecule has 2 heterocycles. The highest BCUT2D eigenvalue weighted by molar-refractivity contribution is 6.07. The molecule has 0 saturated carbocycles. The molecular formula is C16H11N3O. The first-order chi connectivity index (χ1) is 9.70. The van der Waals surface area contributed by atoms with Crippen LogP contribution in [0.1, 0.15) is 23.0 Å². The molecule has 3 aromatic rings. The highest BCUT2D eigenvalue weighted by atomic mass is 16.1. The zero-order chi connectivity index (χ0) is 14.1. The van der Waals surface area contributed by atoms with Crippen LogP contribution in [0.4, 0.5) is 0 Å². The van der Waals surface area contributed by atoms with E-state index in [0.717, 1.165) is 16.6 Å². The maximum Gasteiger partial charge on any atom is 0.161 e. The lowest BCUT2D eigenvalue weighted by molar-refractivity contribution is 0.101. The number of pyridine rings is 1. The summed E-state index contributed by atoms with van der Waals surface area (Å²) in [4.78, 5) is 15.7. The van der Waals surface area contributed by atoms with Crippen LogP contribution < -0.4 is 0 Å². The topological polar surface area (TPSA) is 58.7 Å². The van der Waals surface area contributed by atoms with Crippen LogP contribution in [0.5, 0.6) is 0 Å². The van der Waals surface area contributed by atoms with Crippen molar-refractivity contribution in [3.63, 3.8) is 0 Å². The van der Waals surface area contributed by atoms with Crippen molar-refractivity contribution in [2.24, 2.45) is 0 Å². The van der Waals surface area contributed by atoms with Crippen LogP contribution in [0.2, 0.25) is 0 Å². The molecule has 0 aliphatic rings. The monoisotopic (exact) mass is 261 g/mol. The van der Waals surface area contributed by atoms with E-state index in [1.807, 2.05) is 47.2 Å². The molecular weight excluding hydrogens is 250 g/mol. The fourth-order valence-corrected chi connectivity index (χ4v) is 2.30. The Morgan fingerprint density at radius 1 is 1.30 bits per heavy atom. The molecule has 0 aliphatic heterocycles. The first-order valence-electron chi connectivity index (χ1n) is 6.18. The van der Waals surface area contributed by atoms with Gasteiger partial charge in [0.25, 0.3) is 0 Å². The van der Waals surface area contributed by atoms with Gasteiger partial charge in [0.1, 0.15) is 11.8 Å². The summed E-state index contributed by atoms with van der Waals surface area (Å²) in [6, 6.07) is 13.3. The first-order valence-corrected chi connectivity index (χ1v) is 6.18. The Balaban J connectivity index is 2.31. The molecule has 0 aliphatic carbocycles. The van der Waals surface area contributed by atoms with E-state index in [1.54, 1.807) is 19.2 Å². The smallest absolute Gasteiger partial charge is 0.161 e. The van der Waals surface area contributed by atoms with Crippen molar-refractivity contribution >= 4 is 16.7 Å². The molecule has 20 heavy (non-hydrogen) atoms. The third-order valence-corrected chi connectivity index (χ3v) is 3.23. The average Bonchev–Trinajstić information content (AvgIpc) is 2.87. The van der Waals surface area contributed by atoms with Gasteiger partial charge in [-0.1, -0.05) is 18.2 Å². The number of hydrogen-bond acceptors (Lipinski definition) is 3. The summed E-state index contributed by atoms with van der Waals surface area (Å²) in [5, 5.41) is 9.85. The molecule has 0 spiro atoms. The summed E-state index contributed by atoms with van der Waals surface area (Å²) in [7, 11) is 0. The van der Waals surface area contributed by atoms with Crippen LogP contribution in [0, 0.1) is 11.3 Å². The van der Waals surface area contributed by atoms with Crippen molar-refractivity contribution in [1.82, 2.24) is 9.55 Å². The van der Waals surface area contributed by atoms with Gasteiger partial charge < -0.3 is 4.57 Å². The van der Waals surface area contributed by atoms with Gasteiger partial charge in [0.15, 0.2) is 5.78 Å². The van der Waals surface area contributed by atoms with E-state index in [4.69, 9.17) is 5.26 Å². The van der Waals surface area contributed by atoms with E-state index in [0.29, 0.717) is 11.3 Å². The van der Waals surface area contributed by atoms with Crippen molar-refractivity contribution < 1.29 is 4.79 Å². The van der Waals surface area contributed by atoms with Gasteiger partial charge >= 0.3 is 0 Å². The van der Waals surface area contributed by atoms with Crippen LogP contribution >= 0.6 is 0 Å². The molecule has 0 amide bonds. The summed E-state index contributed by atoms with van der Waals surface area (Å²) in [5.41, 5.74) is 2.79. The standard InChI is InChI=1S/C16H11N3O/c1-11(20)15-10-19(16-5-3-2-4-14(15)16)13-6-7-18-12(8-13)9-17/h2-8,10H,1H3. The van der Waals surface area contributed by atoms with Gasteiger partial charge in [0.2, 0.25) is 0 Å². The van der Waals surface area contributed by atoms with Gasteiger partial charge in [-0.15, -0.1) is 0 Å². The van der Waals surface area contributed by atoms with Gasteiger partial charge in [-0.2, -0.15) is 5.26 Å². The average molecular weight is 261 g/mol. The molecule has 0 atom stereocenters. The summed E-state index contributed by atoms with van der Waals surface area (Å²) >= 11 is 0. The van der Waals surface area contributed by atoms with Gasteiger partial charge in [-0.3, -0.25) is 4.79 Å². The summed E-state index contributed by atoms with van der Waals surface area (Å²) in [5.74, 6) is 0.0227. The molecule has 4 nitrogen and oxygen atoms in total. The number of nitrogens with zero attached hydrogens (tertiary/aromatic N) is 3. The molecule has 1 aromatic carbocycles. The van der Waals surface area contributed by atoms with Crippen molar-refractivity contribution in [1.29, 1.82) is 5.26 Å². The van der Waals surface area contributed by atoms with Crippen molar-refractivity contribution in [3.8, 4) is 11.8 Å². The maximum absolute atomic E-state index is 11.7. The van der Waals surface area contributed by atoms with E-state index in [2.05, 4.69) is 4.98 Å². The van der Waals surface area contributed by atoms with E-state index >= 15 is 0 Å². The Kier molecular flexibility index (Phi) is 2.81. The van der Waals surface area contributed by atoms with Crippen molar-refractivity contribution in [3.05, 3.63) is 60.0 Å². The minimum atomic E-state index is 0.0227. The number of fused-ring (bicyclic) bond motifs is 1. The number of Topliss-reactive ketones (excluding diaryl/α,β-unsaturated/α-hetero) is 1. The Morgan fingerprint density at radius 3 is 2.85 bits per heavy atom. The number of aromatic nitrogens is 2. The third kappa shape index (κ3) is 1.86. The fraction of sp³-hybridized carbons (Fsp3) is 0.0625. The second-order valence-electron chi connectivity index (χ2n) is 4.50. The number of rotatable bonds is 2. The zero-order valence-corrected chi connectivity index (χ0v) is 10.9. The quantitative estimate of drug-likeness (QED) is 0.666. The van der Waals surface area contributed by atoms with Gasteiger partial charge in [0, 0.05) is 29.0 Å². The Bertz CT molecular complexity index is 856. The maximum atomic E-state index is 11.7. The van der Waals surface area contributed by atoms with Crippen molar-refractivity contribution in [2.75, 3.05) is 0 Å². The summed E-state index contributed by atoms with van der Waals surface area (Å²) < 4.78 is 1.91. The molecule has 96 valence electrons. The molecule has 4 heteroatoms. The minimum Gasteiger partial charge on any atom is -0.316 e.